The minimum atomic E-state index is 0.387. The summed E-state index contributed by atoms with van der Waals surface area (Å²) in [4.78, 5) is 5.87. The fourth-order valence-corrected chi connectivity index (χ4v) is 2.90. The summed E-state index contributed by atoms with van der Waals surface area (Å²) >= 11 is 1.79. The van der Waals surface area contributed by atoms with Crippen LogP contribution in [0.5, 0.6) is 0 Å². The molecule has 0 saturated carbocycles. The normalized spacial score (nSPS) is 12.6. The Morgan fingerprint density at radius 2 is 2.05 bits per heavy atom. The van der Waals surface area contributed by atoms with Gasteiger partial charge in [-0.05, 0) is 50.9 Å². The van der Waals surface area contributed by atoms with Crippen molar-refractivity contribution < 1.29 is 0 Å². The first kappa shape index (κ1) is 14.2. The molecular weight excluding hydrogens is 252 g/mol. The van der Waals surface area contributed by atoms with Crippen LogP contribution < -0.4 is 5.32 Å². The highest BCUT2D eigenvalue weighted by atomic mass is 32.1. The van der Waals surface area contributed by atoms with E-state index in [1.807, 2.05) is 6.20 Å². The quantitative estimate of drug-likeness (QED) is 0.869. The zero-order valence-corrected chi connectivity index (χ0v) is 13.0. The summed E-state index contributed by atoms with van der Waals surface area (Å²) in [6.07, 6.45) is 3.16. The first-order chi connectivity index (χ1) is 9.11. The molecule has 2 nitrogen and oxygen atoms in total. The zero-order valence-electron chi connectivity index (χ0n) is 12.2. The van der Waals surface area contributed by atoms with Crippen LogP contribution in [0.3, 0.4) is 0 Å². The molecule has 102 valence electrons. The van der Waals surface area contributed by atoms with Crippen molar-refractivity contribution in [3.8, 4) is 10.6 Å². The topological polar surface area (TPSA) is 24.9 Å². The molecule has 19 heavy (non-hydrogen) atoms. The Balaban J connectivity index is 2.18. The molecule has 1 unspecified atom stereocenters. The highest BCUT2D eigenvalue weighted by Gasteiger charge is 2.10. The third-order valence-electron chi connectivity index (χ3n) is 3.40. The van der Waals surface area contributed by atoms with E-state index in [4.69, 9.17) is 0 Å². The number of nitrogens with one attached hydrogen (secondary N) is 1. The molecule has 0 aliphatic rings. The van der Waals surface area contributed by atoms with Crippen LogP contribution in [-0.4, -0.2) is 11.5 Å². The average molecular weight is 274 g/mol. The molecule has 0 spiro atoms. The van der Waals surface area contributed by atoms with Gasteiger partial charge in [0.15, 0.2) is 0 Å². The summed E-state index contributed by atoms with van der Waals surface area (Å²) in [5, 5.41) is 4.62. The molecule has 1 heterocycles. The maximum absolute atomic E-state index is 4.56. The molecule has 1 aromatic carbocycles. The molecule has 1 N–H and O–H groups in total. The number of nitrogens with zero attached hydrogens (tertiary/aromatic N) is 1. The molecule has 0 bridgehead atoms. The predicted octanol–water partition coefficient (Wildman–Crippen LogP) is 4.49. The summed E-state index contributed by atoms with van der Waals surface area (Å²) in [5.74, 6) is 0. The Labute approximate surface area is 119 Å². The predicted molar refractivity (Wildman–Crippen MR) is 83.7 cm³/mol. The molecule has 3 heteroatoms. The number of rotatable bonds is 5. The van der Waals surface area contributed by atoms with Gasteiger partial charge in [0.2, 0.25) is 0 Å². The van der Waals surface area contributed by atoms with Gasteiger partial charge in [-0.25, -0.2) is 4.98 Å². The SMILES string of the molecule is CCCNC(C)c1cnc(-c2ccc(C)c(C)c2)s1. The van der Waals surface area contributed by atoms with E-state index in [1.54, 1.807) is 11.3 Å². The van der Waals surface area contributed by atoms with Gasteiger partial charge in [0.05, 0.1) is 0 Å². The maximum atomic E-state index is 4.56. The van der Waals surface area contributed by atoms with Gasteiger partial charge in [-0.1, -0.05) is 19.1 Å². The Morgan fingerprint density at radius 1 is 1.26 bits per heavy atom. The van der Waals surface area contributed by atoms with Crippen LogP contribution in [0.25, 0.3) is 10.6 Å². The van der Waals surface area contributed by atoms with Crippen LogP contribution in [0.2, 0.25) is 0 Å². The van der Waals surface area contributed by atoms with Crippen LogP contribution in [0.1, 0.15) is 42.3 Å². The highest BCUT2D eigenvalue weighted by molar-refractivity contribution is 7.15. The van der Waals surface area contributed by atoms with Crippen molar-refractivity contribution in [3.63, 3.8) is 0 Å². The molecule has 1 aromatic heterocycles. The monoisotopic (exact) mass is 274 g/mol. The third-order valence-corrected chi connectivity index (χ3v) is 4.63. The second kappa shape index (κ2) is 6.31. The second-order valence-electron chi connectivity index (χ2n) is 5.04. The summed E-state index contributed by atoms with van der Waals surface area (Å²) < 4.78 is 0. The number of benzene rings is 1. The summed E-state index contributed by atoms with van der Waals surface area (Å²) in [6, 6.07) is 6.94. The van der Waals surface area contributed by atoms with E-state index >= 15 is 0 Å². The Bertz CT molecular complexity index is 545. The van der Waals surface area contributed by atoms with Crippen molar-refractivity contribution in [1.29, 1.82) is 0 Å². The van der Waals surface area contributed by atoms with Gasteiger partial charge in [0, 0.05) is 22.7 Å². The molecule has 0 fully saturated rings. The van der Waals surface area contributed by atoms with Crippen LogP contribution in [0, 0.1) is 13.8 Å². The van der Waals surface area contributed by atoms with Crippen molar-refractivity contribution in [2.45, 2.75) is 40.2 Å². The first-order valence-corrected chi connectivity index (χ1v) is 7.70. The largest absolute Gasteiger partial charge is 0.309 e. The van der Waals surface area contributed by atoms with Gasteiger partial charge in [-0.15, -0.1) is 11.3 Å². The molecule has 0 saturated heterocycles. The van der Waals surface area contributed by atoms with E-state index in [9.17, 15) is 0 Å². The fraction of sp³-hybridized carbons (Fsp3) is 0.438. The standard InChI is InChI=1S/C16H22N2S/c1-5-8-17-13(4)15-10-18-16(19-15)14-7-6-11(2)12(3)9-14/h6-7,9-10,13,17H,5,8H2,1-4H3. The lowest BCUT2D eigenvalue weighted by Gasteiger charge is -2.09. The van der Waals surface area contributed by atoms with Crippen molar-refractivity contribution in [2.75, 3.05) is 6.54 Å². The van der Waals surface area contributed by atoms with Gasteiger partial charge < -0.3 is 5.32 Å². The minimum Gasteiger partial charge on any atom is -0.309 e. The lowest BCUT2D eigenvalue weighted by molar-refractivity contribution is 0.577. The molecule has 2 rings (SSSR count). The highest BCUT2D eigenvalue weighted by Crippen LogP contribution is 2.29. The van der Waals surface area contributed by atoms with E-state index in [0.29, 0.717) is 6.04 Å². The van der Waals surface area contributed by atoms with Crippen molar-refractivity contribution >= 4 is 11.3 Å². The molecule has 0 aliphatic carbocycles. The van der Waals surface area contributed by atoms with Crippen LogP contribution in [-0.2, 0) is 0 Å². The van der Waals surface area contributed by atoms with Gasteiger partial charge in [0.1, 0.15) is 5.01 Å². The van der Waals surface area contributed by atoms with Gasteiger partial charge in [-0.3, -0.25) is 0 Å². The van der Waals surface area contributed by atoms with E-state index in [1.165, 1.54) is 21.6 Å². The maximum Gasteiger partial charge on any atom is 0.123 e. The third kappa shape index (κ3) is 3.43. The smallest absolute Gasteiger partial charge is 0.123 e. The van der Waals surface area contributed by atoms with E-state index in [2.05, 4.69) is 56.2 Å². The number of thiazole rings is 1. The molecule has 0 aliphatic heterocycles. The Hall–Kier alpha value is -1.19. The number of aromatic nitrogens is 1. The summed E-state index contributed by atoms with van der Waals surface area (Å²) in [6.45, 7) is 9.74. The average Bonchev–Trinajstić information content (AvgIpc) is 2.89. The Morgan fingerprint density at radius 3 is 2.74 bits per heavy atom. The van der Waals surface area contributed by atoms with Crippen molar-refractivity contribution in [2.24, 2.45) is 0 Å². The van der Waals surface area contributed by atoms with Crippen molar-refractivity contribution in [3.05, 3.63) is 40.4 Å². The van der Waals surface area contributed by atoms with Gasteiger partial charge in [-0.2, -0.15) is 0 Å². The molecule has 0 radical (unpaired) electrons. The van der Waals surface area contributed by atoms with Crippen LogP contribution >= 0.6 is 11.3 Å². The van der Waals surface area contributed by atoms with E-state index in [0.717, 1.165) is 18.0 Å². The minimum absolute atomic E-state index is 0.387. The molecular formula is C16H22N2S. The number of hydrogen-bond acceptors (Lipinski definition) is 3. The first-order valence-electron chi connectivity index (χ1n) is 6.88. The fourth-order valence-electron chi connectivity index (χ4n) is 1.96. The van der Waals surface area contributed by atoms with Gasteiger partial charge >= 0.3 is 0 Å². The Kier molecular flexibility index (Phi) is 4.72. The van der Waals surface area contributed by atoms with E-state index in [-0.39, 0.29) is 0 Å². The molecule has 2 aromatic rings. The summed E-state index contributed by atoms with van der Waals surface area (Å²) in [7, 11) is 0. The van der Waals surface area contributed by atoms with Gasteiger partial charge in [0.25, 0.3) is 0 Å². The molecule has 0 amide bonds. The second-order valence-corrected chi connectivity index (χ2v) is 6.10. The zero-order chi connectivity index (χ0) is 13.8. The summed E-state index contributed by atoms with van der Waals surface area (Å²) in [5.41, 5.74) is 3.88. The number of aryl methyl sites for hydroxylation is 2. The molecule has 1 atom stereocenters. The lowest BCUT2D eigenvalue weighted by atomic mass is 10.1. The van der Waals surface area contributed by atoms with Crippen molar-refractivity contribution in [1.82, 2.24) is 10.3 Å². The lowest BCUT2D eigenvalue weighted by Crippen LogP contribution is -2.18. The van der Waals surface area contributed by atoms with E-state index < -0.39 is 0 Å². The van der Waals surface area contributed by atoms with Crippen LogP contribution in [0.4, 0.5) is 0 Å². The van der Waals surface area contributed by atoms with Crippen LogP contribution in [0.15, 0.2) is 24.4 Å². The number of hydrogen-bond donors (Lipinski definition) is 1.